The van der Waals surface area contributed by atoms with Crippen LogP contribution in [-0.2, 0) is 13.2 Å². The van der Waals surface area contributed by atoms with E-state index in [1.54, 1.807) is 0 Å². The highest BCUT2D eigenvalue weighted by molar-refractivity contribution is 6.35. The lowest BCUT2D eigenvalue weighted by molar-refractivity contribution is 0.304. The summed E-state index contributed by atoms with van der Waals surface area (Å²) >= 11 is 12.6. The van der Waals surface area contributed by atoms with Crippen LogP contribution in [0.3, 0.4) is 0 Å². The summed E-state index contributed by atoms with van der Waals surface area (Å²) in [5.41, 5.74) is 5.54. The Labute approximate surface area is 187 Å². The van der Waals surface area contributed by atoms with Crippen molar-refractivity contribution in [1.82, 2.24) is 0 Å². The smallest absolute Gasteiger partial charge is 0.125 e. The minimum atomic E-state index is 0.313. The van der Waals surface area contributed by atoms with Gasteiger partial charge in [0.1, 0.15) is 12.4 Å². The summed E-state index contributed by atoms with van der Waals surface area (Å²) in [5.74, 6) is 0.820. The van der Waals surface area contributed by atoms with E-state index in [1.165, 1.54) is 16.5 Å². The molecule has 0 aliphatic rings. The molecule has 4 rings (SSSR count). The Kier molecular flexibility index (Phi) is 6.17. The Morgan fingerprint density at radius 2 is 1.53 bits per heavy atom. The molecule has 30 heavy (non-hydrogen) atoms. The van der Waals surface area contributed by atoms with E-state index >= 15 is 0 Å². The predicted octanol–water partition coefficient (Wildman–Crippen LogP) is 7.95. The summed E-state index contributed by atoms with van der Waals surface area (Å²) in [7, 11) is 0. The monoisotopic (exact) mass is 435 g/mol. The second-order valence-corrected chi connectivity index (χ2v) is 8.22. The highest BCUT2D eigenvalue weighted by Gasteiger charge is 2.12. The third-order valence-electron chi connectivity index (χ3n) is 5.41. The predicted molar refractivity (Wildman–Crippen MR) is 128 cm³/mol. The van der Waals surface area contributed by atoms with Gasteiger partial charge in [-0.15, -0.1) is 0 Å². The van der Waals surface area contributed by atoms with Gasteiger partial charge in [-0.1, -0.05) is 65.7 Å². The van der Waals surface area contributed by atoms with Gasteiger partial charge < -0.3 is 10.1 Å². The van der Waals surface area contributed by atoms with Gasteiger partial charge in [-0.25, -0.2) is 0 Å². The normalized spacial score (nSPS) is 10.9. The molecule has 0 spiro atoms. The van der Waals surface area contributed by atoms with E-state index in [-0.39, 0.29) is 0 Å². The van der Waals surface area contributed by atoms with Crippen LogP contribution in [0.15, 0.2) is 72.8 Å². The zero-order chi connectivity index (χ0) is 21.1. The van der Waals surface area contributed by atoms with Crippen LogP contribution in [0.2, 0.25) is 10.0 Å². The first-order chi connectivity index (χ1) is 14.5. The number of rotatable bonds is 6. The molecule has 0 aromatic heterocycles. The molecule has 0 saturated carbocycles. The van der Waals surface area contributed by atoms with E-state index in [1.807, 2.05) is 30.3 Å². The number of fused-ring (bicyclic) bond motifs is 1. The zero-order valence-electron chi connectivity index (χ0n) is 17.0. The SMILES string of the molecule is Cc1ccc(NCc2c(OCc3c(Cl)cccc3Cl)ccc3ccccc23)cc1C. The van der Waals surface area contributed by atoms with Gasteiger partial charge in [-0.2, -0.15) is 0 Å². The first-order valence-electron chi connectivity index (χ1n) is 9.90. The fraction of sp³-hybridized carbons (Fsp3) is 0.154. The standard InChI is InChI=1S/C26H23Cl2NO/c1-17-10-12-20(14-18(17)2)29-15-22-21-7-4-3-6-19(21)11-13-26(22)30-16-23-24(27)8-5-9-25(23)28/h3-14,29H,15-16H2,1-2H3. The van der Waals surface area contributed by atoms with Crippen molar-refractivity contribution in [2.75, 3.05) is 5.32 Å². The molecular weight excluding hydrogens is 413 g/mol. The van der Waals surface area contributed by atoms with Crippen LogP contribution in [0.1, 0.15) is 22.3 Å². The summed E-state index contributed by atoms with van der Waals surface area (Å²) in [6, 6.07) is 24.4. The Balaban J connectivity index is 1.64. The Bertz CT molecular complexity index is 1180. The Morgan fingerprint density at radius 1 is 0.767 bits per heavy atom. The minimum absolute atomic E-state index is 0.313. The summed E-state index contributed by atoms with van der Waals surface area (Å²) in [4.78, 5) is 0. The number of benzene rings is 4. The van der Waals surface area contributed by atoms with Gasteiger partial charge in [0.25, 0.3) is 0 Å². The maximum absolute atomic E-state index is 6.32. The lowest BCUT2D eigenvalue weighted by atomic mass is 10.0. The average Bonchev–Trinajstić information content (AvgIpc) is 2.74. The summed E-state index contributed by atoms with van der Waals surface area (Å²) < 4.78 is 6.22. The maximum Gasteiger partial charge on any atom is 0.125 e. The van der Waals surface area contributed by atoms with Crippen molar-refractivity contribution in [1.29, 1.82) is 0 Å². The largest absolute Gasteiger partial charge is 0.488 e. The van der Waals surface area contributed by atoms with Crippen LogP contribution in [-0.4, -0.2) is 0 Å². The molecule has 1 N–H and O–H groups in total. The van der Waals surface area contributed by atoms with Crippen LogP contribution in [0, 0.1) is 13.8 Å². The van der Waals surface area contributed by atoms with Crippen molar-refractivity contribution in [3.63, 3.8) is 0 Å². The molecular formula is C26H23Cl2NO. The molecule has 4 aromatic carbocycles. The van der Waals surface area contributed by atoms with Crippen molar-refractivity contribution >= 4 is 39.7 Å². The molecule has 0 aliphatic heterocycles. The quantitative estimate of drug-likeness (QED) is 0.331. The maximum atomic E-state index is 6.32. The second kappa shape index (κ2) is 8.99. The molecule has 2 nitrogen and oxygen atoms in total. The lowest BCUT2D eigenvalue weighted by Gasteiger charge is -2.17. The van der Waals surface area contributed by atoms with Gasteiger partial charge in [0.05, 0.1) is 0 Å². The molecule has 4 aromatic rings. The van der Waals surface area contributed by atoms with E-state index in [9.17, 15) is 0 Å². The van der Waals surface area contributed by atoms with E-state index in [0.717, 1.165) is 28.0 Å². The zero-order valence-corrected chi connectivity index (χ0v) is 18.5. The van der Waals surface area contributed by atoms with Gasteiger partial charge >= 0.3 is 0 Å². The average molecular weight is 436 g/mol. The third-order valence-corrected chi connectivity index (χ3v) is 6.12. The Morgan fingerprint density at radius 3 is 2.30 bits per heavy atom. The molecule has 152 valence electrons. The summed E-state index contributed by atoms with van der Waals surface area (Å²) in [5, 5.41) is 7.11. The number of ether oxygens (including phenoxy) is 1. The van der Waals surface area contributed by atoms with Crippen LogP contribution in [0.25, 0.3) is 10.8 Å². The van der Waals surface area contributed by atoms with E-state index in [2.05, 4.69) is 61.6 Å². The van der Waals surface area contributed by atoms with Crippen LogP contribution >= 0.6 is 23.2 Å². The number of hydrogen-bond donors (Lipinski definition) is 1. The molecule has 0 bridgehead atoms. The third kappa shape index (κ3) is 4.40. The van der Waals surface area contributed by atoms with Crippen LogP contribution in [0.4, 0.5) is 5.69 Å². The van der Waals surface area contributed by atoms with Gasteiger partial charge in [-0.3, -0.25) is 0 Å². The molecule has 0 aliphatic carbocycles. The first kappa shape index (κ1) is 20.6. The number of hydrogen-bond acceptors (Lipinski definition) is 2. The summed E-state index contributed by atoms with van der Waals surface area (Å²) in [6.07, 6.45) is 0. The molecule has 0 fully saturated rings. The van der Waals surface area contributed by atoms with Gasteiger partial charge in [0.15, 0.2) is 0 Å². The molecule has 0 unspecified atom stereocenters. The summed E-state index contributed by atoms with van der Waals surface area (Å²) in [6.45, 7) is 5.21. The molecule has 0 amide bonds. The lowest BCUT2D eigenvalue weighted by Crippen LogP contribution is -2.05. The van der Waals surface area contributed by atoms with E-state index < -0.39 is 0 Å². The van der Waals surface area contributed by atoms with Gasteiger partial charge in [0, 0.05) is 33.4 Å². The van der Waals surface area contributed by atoms with Crippen molar-refractivity contribution in [3.8, 4) is 5.75 Å². The van der Waals surface area contributed by atoms with Crippen molar-refractivity contribution in [2.24, 2.45) is 0 Å². The fourth-order valence-electron chi connectivity index (χ4n) is 3.50. The van der Waals surface area contributed by atoms with Crippen molar-refractivity contribution in [3.05, 3.63) is 105 Å². The molecule has 0 atom stereocenters. The van der Waals surface area contributed by atoms with Crippen LogP contribution < -0.4 is 10.1 Å². The molecule has 0 radical (unpaired) electrons. The molecule has 4 heteroatoms. The molecule has 0 saturated heterocycles. The number of anilines is 1. The molecule has 0 heterocycles. The fourth-order valence-corrected chi connectivity index (χ4v) is 4.00. The number of halogens is 2. The number of aryl methyl sites for hydroxylation is 2. The van der Waals surface area contributed by atoms with E-state index in [4.69, 9.17) is 27.9 Å². The van der Waals surface area contributed by atoms with Crippen molar-refractivity contribution in [2.45, 2.75) is 27.0 Å². The Hall–Kier alpha value is -2.68. The topological polar surface area (TPSA) is 21.3 Å². The van der Waals surface area contributed by atoms with Crippen LogP contribution in [0.5, 0.6) is 5.75 Å². The number of nitrogens with one attached hydrogen (secondary N) is 1. The van der Waals surface area contributed by atoms with Gasteiger partial charge in [0.2, 0.25) is 0 Å². The highest BCUT2D eigenvalue weighted by Crippen LogP contribution is 2.32. The van der Waals surface area contributed by atoms with E-state index in [0.29, 0.717) is 23.2 Å². The van der Waals surface area contributed by atoms with Crippen molar-refractivity contribution < 1.29 is 4.74 Å². The minimum Gasteiger partial charge on any atom is -0.488 e. The van der Waals surface area contributed by atoms with Gasteiger partial charge in [-0.05, 0) is 66.1 Å². The second-order valence-electron chi connectivity index (χ2n) is 7.40. The highest BCUT2D eigenvalue weighted by atomic mass is 35.5. The first-order valence-corrected chi connectivity index (χ1v) is 10.7.